The summed E-state index contributed by atoms with van der Waals surface area (Å²) in [5.74, 6) is 0.661. The van der Waals surface area contributed by atoms with Gasteiger partial charge in [0.05, 0.1) is 14.2 Å². The maximum absolute atomic E-state index is 13.0. The highest BCUT2D eigenvalue weighted by atomic mass is 16.5. The molecule has 1 saturated heterocycles. The van der Waals surface area contributed by atoms with Crippen molar-refractivity contribution in [3.63, 3.8) is 0 Å². The number of pyridine rings is 1. The van der Waals surface area contributed by atoms with Gasteiger partial charge in [-0.05, 0) is 56.0 Å². The molecule has 3 rings (SSSR count). The quantitative estimate of drug-likeness (QED) is 0.875. The van der Waals surface area contributed by atoms with Gasteiger partial charge >= 0.3 is 0 Å². The number of carbonyl (C=O) groups excluding carboxylic acids is 1. The minimum absolute atomic E-state index is 0.0615. The highest BCUT2D eigenvalue weighted by Gasteiger charge is 2.27. The molecule has 6 heteroatoms. The molecule has 1 amide bonds. The number of nitrogens with one attached hydrogen (secondary N) is 1. The van der Waals surface area contributed by atoms with Gasteiger partial charge in [-0.25, -0.2) is 0 Å². The predicted octanol–water partition coefficient (Wildman–Crippen LogP) is 3.43. The van der Waals surface area contributed by atoms with Gasteiger partial charge < -0.3 is 19.7 Å². The predicted molar refractivity (Wildman–Crippen MR) is 106 cm³/mol. The van der Waals surface area contributed by atoms with E-state index in [1.165, 1.54) is 25.3 Å². The molecule has 0 radical (unpaired) electrons. The monoisotopic (exact) mass is 369 g/mol. The summed E-state index contributed by atoms with van der Waals surface area (Å²) in [5, 5.41) is 3.57. The molecule has 2 aromatic rings. The number of aromatic nitrogens is 1. The first kappa shape index (κ1) is 19.0. The molecule has 1 aromatic heterocycles. The van der Waals surface area contributed by atoms with E-state index in [9.17, 15) is 4.79 Å². The van der Waals surface area contributed by atoms with Crippen LogP contribution in [0.4, 0.5) is 5.69 Å². The van der Waals surface area contributed by atoms with Crippen LogP contribution in [0.25, 0.3) is 0 Å². The molecule has 1 aromatic carbocycles. The number of hydrogen-bond donors (Lipinski definition) is 1. The Labute approximate surface area is 160 Å². The maximum Gasteiger partial charge on any atom is 0.259 e. The van der Waals surface area contributed by atoms with Crippen LogP contribution in [0, 0.1) is 13.8 Å². The summed E-state index contributed by atoms with van der Waals surface area (Å²) >= 11 is 0. The van der Waals surface area contributed by atoms with Crippen molar-refractivity contribution in [3.8, 4) is 11.8 Å². The van der Waals surface area contributed by atoms with Crippen molar-refractivity contribution in [3.05, 3.63) is 47.0 Å². The lowest BCUT2D eigenvalue weighted by Gasteiger charge is -2.34. The van der Waals surface area contributed by atoms with Gasteiger partial charge in [0.15, 0.2) is 0 Å². The van der Waals surface area contributed by atoms with Crippen molar-refractivity contribution >= 4 is 11.6 Å². The Hall–Kier alpha value is -2.76. The smallest absolute Gasteiger partial charge is 0.259 e. The van der Waals surface area contributed by atoms with E-state index in [4.69, 9.17) is 9.47 Å². The van der Waals surface area contributed by atoms with Gasteiger partial charge in [0.25, 0.3) is 5.91 Å². The zero-order valence-corrected chi connectivity index (χ0v) is 16.4. The second-order valence-corrected chi connectivity index (χ2v) is 6.94. The summed E-state index contributed by atoms with van der Waals surface area (Å²) in [6.45, 7) is 5.61. The van der Waals surface area contributed by atoms with Crippen molar-refractivity contribution in [1.82, 2.24) is 9.88 Å². The first-order valence-electron chi connectivity index (χ1n) is 9.24. The average molecular weight is 369 g/mol. The summed E-state index contributed by atoms with van der Waals surface area (Å²) < 4.78 is 10.4. The number of methoxy groups -OCH3 is 2. The van der Waals surface area contributed by atoms with Crippen LogP contribution in [-0.4, -0.2) is 49.1 Å². The molecule has 2 heterocycles. The number of hydrogen-bond acceptors (Lipinski definition) is 5. The van der Waals surface area contributed by atoms with E-state index < -0.39 is 0 Å². The number of ether oxygens (including phenoxy) is 2. The number of carbonyl (C=O) groups is 1. The number of anilines is 1. The second kappa shape index (κ2) is 8.29. The lowest BCUT2D eigenvalue weighted by Crippen LogP contribution is -2.45. The van der Waals surface area contributed by atoms with Gasteiger partial charge in [0.2, 0.25) is 11.8 Å². The van der Waals surface area contributed by atoms with E-state index >= 15 is 0 Å². The molecule has 0 spiro atoms. The van der Waals surface area contributed by atoms with Crippen molar-refractivity contribution in [2.45, 2.75) is 32.7 Å². The number of piperidine rings is 1. The molecule has 0 saturated carbocycles. The number of amides is 1. The zero-order valence-electron chi connectivity index (χ0n) is 16.4. The summed E-state index contributed by atoms with van der Waals surface area (Å²) in [5.41, 5.74) is 4.10. The van der Waals surface area contributed by atoms with Gasteiger partial charge in [-0.15, -0.1) is 0 Å². The van der Waals surface area contributed by atoms with Gasteiger partial charge in [-0.2, -0.15) is 4.98 Å². The van der Waals surface area contributed by atoms with Gasteiger partial charge in [0, 0.05) is 30.9 Å². The van der Waals surface area contributed by atoms with Crippen LogP contribution in [0.1, 0.15) is 34.3 Å². The number of likely N-dealkylation sites (tertiary alicyclic amines) is 1. The summed E-state index contributed by atoms with van der Waals surface area (Å²) in [6, 6.07) is 10.0. The number of nitrogens with zero attached hydrogens (tertiary/aromatic N) is 2. The molecule has 1 aliphatic rings. The molecule has 1 aliphatic heterocycles. The highest BCUT2D eigenvalue weighted by Crippen LogP contribution is 2.24. The van der Waals surface area contributed by atoms with E-state index in [0.717, 1.165) is 25.1 Å². The third kappa shape index (κ3) is 4.32. The van der Waals surface area contributed by atoms with E-state index in [1.807, 2.05) is 4.90 Å². The summed E-state index contributed by atoms with van der Waals surface area (Å²) in [6.07, 6.45) is 1.99. The molecule has 1 N–H and O–H groups in total. The van der Waals surface area contributed by atoms with Crippen LogP contribution in [0.2, 0.25) is 0 Å². The third-order valence-corrected chi connectivity index (χ3v) is 5.05. The molecular formula is C21H27N3O3. The van der Waals surface area contributed by atoms with Crippen LogP contribution in [-0.2, 0) is 0 Å². The Morgan fingerprint density at radius 1 is 1.15 bits per heavy atom. The maximum atomic E-state index is 13.0. The molecule has 144 valence electrons. The third-order valence-electron chi connectivity index (χ3n) is 5.05. The van der Waals surface area contributed by atoms with Crippen molar-refractivity contribution in [2.75, 3.05) is 32.6 Å². The van der Waals surface area contributed by atoms with Gasteiger partial charge in [-0.3, -0.25) is 4.79 Å². The number of rotatable bonds is 5. The first-order valence-corrected chi connectivity index (χ1v) is 9.24. The van der Waals surface area contributed by atoms with E-state index in [0.29, 0.717) is 23.9 Å². The van der Waals surface area contributed by atoms with Crippen LogP contribution in [0.5, 0.6) is 11.8 Å². The van der Waals surface area contributed by atoms with Crippen molar-refractivity contribution in [2.24, 2.45) is 0 Å². The molecule has 1 atom stereocenters. The second-order valence-electron chi connectivity index (χ2n) is 6.94. The van der Waals surface area contributed by atoms with Crippen LogP contribution in [0.15, 0.2) is 30.3 Å². The zero-order chi connectivity index (χ0) is 19.4. The van der Waals surface area contributed by atoms with Gasteiger partial charge in [-0.1, -0.05) is 6.07 Å². The molecule has 6 nitrogen and oxygen atoms in total. The first-order chi connectivity index (χ1) is 13.0. The van der Waals surface area contributed by atoms with Crippen LogP contribution >= 0.6 is 0 Å². The molecule has 0 aliphatic carbocycles. The molecule has 1 fully saturated rings. The van der Waals surface area contributed by atoms with E-state index in [2.05, 4.69) is 42.3 Å². The standard InChI is InChI=1S/C21H27N3O3/c1-14-7-8-16(12-15(14)2)22-17-6-5-11-24(13-17)21(25)18-9-10-19(26-3)23-20(18)27-4/h7-10,12,17,22H,5-6,11,13H2,1-4H3. The summed E-state index contributed by atoms with van der Waals surface area (Å²) in [4.78, 5) is 19.1. The largest absolute Gasteiger partial charge is 0.481 e. The minimum atomic E-state index is -0.0615. The Bertz CT molecular complexity index is 822. The Balaban J connectivity index is 1.72. The normalized spacial score (nSPS) is 16.7. The Morgan fingerprint density at radius 3 is 2.67 bits per heavy atom. The lowest BCUT2D eigenvalue weighted by atomic mass is 10.0. The topological polar surface area (TPSA) is 63.7 Å². The van der Waals surface area contributed by atoms with Crippen LogP contribution in [0.3, 0.4) is 0 Å². The fraction of sp³-hybridized carbons (Fsp3) is 0.429. The van der Waals surface area contributed by atoms with Crippen molar-refractivity contribution in [1.29, 1.82) is 0 Å². The minimum Gasteiger partial charge on any atom is -0.481 e. The molecular weight excluding hydrogens is 342 g/mol. The summed E-state index contributed by atoms with van der Waals surface area (Å²) in [7, 11) is 3.05. The Morgan fingerprint density at radius 2 is 1.96 bits per heavy atom. The average Bonchev–Trinajstić information content (AvgIpc) is 2.70. The van der Waals surface area contributed by atoms with Gasteiger partial charge in [0.1, 0.15) is 5.56 Å². The molecule has 1 unspecified atom stereocenters. The van der Waals surface area contributed by atoms with Crippen molar-refractivity contribution < 1.29 is 14.3 Å². The lowest BCUT2D eigenvalue weighted by molar-refractivity contribution is 0.0710. The van der Waals surface area contributed by atoms with Crippen LogP contribution < -0.4 is 14.8 Å². The highest BCUT2D eigenvalue weighted by molar-refractivity contribution is 5.96. The molecule has 27 heavy (non-hydrogen) atoms. The number of benzene rings is 1. The fourth-order valence-corrected chi connectivity index (χ4v) is 3.37. The fourth-order valence-electron chi connectivity index (χ4n) is 3.37. The Kier molecular flexibility index (Phi) is 5.84. The van der Waals surface area contributed by atoms with E-state index in [1.54, 1.807) is 12.1 Å². The van der Waals surface area contributed by atoms with E-state index in [-0.39, 0.29) is 11.9 Å². The molecule has 0 bridgehead atoms. The SMILES string of the molecule is COc1ccc(C(=O)N2CCCC(Nc3ccc(C)c(C)c3)C2)c(OC)n1. The number of aryl methyl sites for hydroxylation is 2.